The number of hydrogen-bond acceptors (Lipinski definition) is 11. The van der Waals surface area contributed by atoms with Crippen molar-refractivity contribution < 1.29 is 27.4 Å². The van der Waals surface area contributed by atoms with Gasteiger partial charge in [-0.2, -0.15) is 5.26 Å². The van der Waals surface area contributed by atoms with Crippen molar-refractivity contribution in [3.05, 3.63) is 135 Å². The average Bonchev–Trinajstić information content (AvgIpc) is 3.31. The van der Waals surface area contributed by atoms with Crippen molar-refractivity contribution in [3.63, 3.8) is 0 Å². The summed E-state index contributed by atoms with van der Waals surface area (Å²) in [5.74, 6) is 1.98. The van der Waals surface area contributed by atoms with Gasteiger partial charge in [-0.3, -0.25) is 14.8 Å². The molecule has 1 aliphatic heterocycles. The zero-order valence-corrected chi connectivity index (χ0v) is 37.8. The number of aliphatic hydroxyl groups is 1. The van der Waals surface area contributed by atoms with E-state index in [1.807, 2.05) is 24.3 Å². The van der Waals surface area contributed by atoms with Crippen molar-refractivity contribution in [2.75, 3.05) is 28.5 Å². The molecule has 0 bridgehead atoms. The van der Waals surface area contributed by atoms with Crippen LogP contribution in [0.15, 0.2) is 102 Å². The Balaban J connectivity index is 0.831. The zero-order chi connectivity index (χ0) is 45.7. The standard InChI is InChI=1S/C49H51ClFN7O6S/c1-3-65(61,62)56-35-14-20-46(41(26-35)42-30-57(2)49(60)40-7-5-4-6-39(40)42)64-38-15-10-32(44(51)28-38)9-8-31-22-24-58(25-23-31)47-21-19-45(54-55-47)48(59)53-34-12-17-36(18-13-34)63-37-16-11-33(29-52)43(50)27-37/h4-7,10-11,14-16,19-21,26-28,30-31,34,36,48,53,56,59H,3,8-9,12-13,17-18,22-25H2,1-2H3. The summed E-state index contributed by atoms with van der Waals surface area (Å²) >= 11 is 6.16. The molecule has 2 aromatic heterocycles. The molecule has 16 heteroatoms. The highest BCUT2D eigenvalue weighted by molar-refractivity contribution is 7.92. The predicted molar refractivity (Wildman–Crippen MR) is 250 cm³/mol. The van der Waals surface area contributed by atoms with Crippen molar-refractivity contribution in [1.29, 1.82) is 5.26 Å². The largest absolute Gasteiger partial charge is 0.490 e. The van der Waals surface area contributed by atoms with E-state index in [-0.39, 0.29) is 35.0 Å². The van der Waals surface area contributed by atoms with Gasteiger partial charge in [0.25, 0.3) is 5.56 Å². The van der Waals surface area contributed by atoms with Gasteiger partial charge >= 0.3 is 0 Å². The summed E-state index contributed by atoms with van der Waals surface area (Å²) in [6, 6.07) is 27.9. The lowest BCUT2D eigenvalue weighted by molar-refractivity contribution is 0.0856. The summed E-state index contributed by atoms with van der Waals surface area (Å²) in [4.78, 5) is 15.2. The Morgan fingerprint density at radius 3 is 2.37 bits per heavy atom. The third-order valence-corrected chi connectivity index (χ3v) is 14.0. The normalized spacial score (nSPS) is 17.4. The summed E-state index contributed by atoms with van der Waals surface area (Å²) in [6.07, 6.45) is 7.28. The van der Waals surface area contributed by atoms with E-state index in [0.29, 0.717) is 73.3 Å². The number of rotatable bonds is 15. The third-order valence-electron chi connectivity index (χ3n) is 12.4. The predicted octanol–water partition coefficient (Wildman–Crippen LogP) is 9.03. The number of pyridine rings is 1. The van der Waals surface area contributed by atoms with Crippen LogP contribution in [0.1, 0.15) is 74.9 Å². The first-order valence-corrected chi connectivity index (χ1v) is 24.0. The lowest BCUT2D eigenvalue weighted by Crippen LogP contribution is -2.38. The van der Waals surface area contributed by atoms with Crippen LogP contribution in [0.2, 0.25) is 5.02 Å². The van der Waals surface area contributed by atoms with E-state index in [0.717, 1.165) is 63.9 Å². The van der Waals surface area contributed by atoms with E-state index in [9.17, 15) is 18.3 Å². The fraction of sp³-hybridized carbons (Fsp3) is 0.347. The number of aryl methyl sites for hydroxylation is 2. The number of aromatic nitrogens is 3. The first-order valence-electron chi connectivity index (χ1n) is 21.9. The van der Waals surface area contributed by atoms with Crippen molar-refractivity contribution in [3.8, 4) is 34.4 Å². The highest BCUT2D eigenvalue weighted by atomic mass is 35.5. The lowest BCUT2D eigenvalue weighted by Gasteiger charge is -2.33. The molecule has 1 unspecified atom stereocenters. The first kappa shape index (κ1) is 45.5. The average molecular weight is 921 g/mol. The molecule has 3 heterocycles. The molecule has 0 amide bonds. The fourth-order valence-electron chi connectivity index (χ4n) is 8.67. The number of hydrogen-bond donors (Lipinski definition) is 3. The minimum atomic E-state index is -3.58. The molecule has 8 rings (SSSR count). The van der Waals surface area contributed by atoms with Crippen molar-refractivity contribution in [1.82, 2.24) is 20.1 Å². The van der Waals surface area contributed by atoms with Crippen LogP contribution >= 0.6 is 11.6 Å². The van der Waals surface area contributed by atoms with Crippen molar-refractivity contribution >= 4 is 43.9 Å². The van der Waals surface area contributed by atoms with Gasteiger partial charge in [0, 0.05) is 66.7 Å². The number of piperidine rings is 1. The maximum Gasteiger partial charge on any atom is 0.258 e. The van der Waals surface area contributed by atoms with Crippen LogP contribution in [0.5, 0.6) is 17.2 Å². The monoisotopic (exact) mass is 919 g/mol. The summed E-state index contributed by atoms with van der Waals surface area (Å²) < 4.78 is 57.1. The number of ether oxygens (including phenoxy) is 2. The maximum atomic E-state index is 15.7. The number of benzene rings is 4. The highest BCUT2D eigenvalue weighted by Crippen LogP contribution is 2.39. The second-order valence-electron chi connectivity index (χ2n) is 16.8. The smallest absolute Gasteiger partial charge is 0.258 e. The summed E-state index contributed by atoms with van der Waals surface area (Å²) in [5, 5.41) is 33.7. The maximum absolute atomic E-state index is 15.7. The summed E-state index contributed by atoms with van der Waals surface area (Å²) in [6.45, 7) is 3.14. The molecule has 2 aliphatic rings. The molecule has 13 nitrogen and oxygen atoms in total. The van der Waals surface area contributed by atoms with Gasteiger partial charge in [-0.15, -0.1) is 10.2 Å². The van der Waals surface area contributed by atoms with Gasteiger partial charge in [0.15, 0.2) is 5.82 Å². The minimum Gasteiger partial charge on any atom is -0.490 e. The third kappa shape index (κ3) is 10.9. The van der Waals surface area contributed by atoms with Gasteiger partial charge < -0.3 is 24.0 Å². The van der Waals surface area contributed by atoms with Crippen LogP contribution in [0.3, 0.4) is 0 Å². The highest BCUT2D eigenvalue weighted by Gasteiger charge is 2.26. The number of aliphatic hydroxyl groups excluding tert-OH is 1. The Morgan fingerprint density at radius 2 is 1.68 bits per heavy atom. The molecule has 0 spiro atoms. The Morgan fingerprint density at radius 1 is 0.923 bits per heavy atom. The van der Waals surface area contributed by atoms with Gasteiger partial charge in [-0.1, -0.05) is 35.9 Å². The van der Waals surface area contributed by atoms with Crippen LogP contribution in [-0.4, -0.2) is 59.3 Å². The number of sulfonamides is 1. The summed E-state index contributed by atoms with van der Waals surface area (Å²) in [5.41, 5.74) is 2.82. The molecule has 0 radical (unpaired) electrons. The van der Waals surface area contributed by atoms with Gasteiger partial charge in [-0.25, -0.2) is 12.8 Å². The molecule has 2 fully saturated rings. The molecule has 338 valence electrons. The SMILES string of the molecule is CCS(=O)(=O)Nc1ccc(Oc2ccc(CCC3CCN(c4ccc(C(O)NC5CCC(Oc6ccc(C#N)c(Cl)c6)CC5)nn4)CC3)c(F)c2)c(-c2cn(C)c(=O)c3ccccc23)c1. The molecule has 1 atom stereocenters. The number of nitriles is 1. The Hall–Kier alpha value is -6.05. The van der Waals surface area contributed by atoms with E-state index in [1.165, 1.54) is 10.6 Å². The second kappa shape index (κ2) is 20.0. The quantitative estimate of drug-likeness (QED) is 0.0840. The molecule has 1 saturated carbocycles. The van der Waals surface area contributed by atoms with Gasteiger partial charge in [0.05, 0.1) is 22.4 Å². The van der Waals surface area contributed by atoms with Crippen molar-refractivity contribution in [2.24, 2.45) is 13.0 Å². The van der Waals surface area contributed by atoms with E-state index in [4.69, 9.17) is 26.3 Å². The number of nitrogens with one attached hydrogen (secondary N) is 2. The van der Waals surface area contributed by atoms with Crippen LogP contribution < -0.4 is 30.0 Å². The Kier molecular flexibility index (Phi) is 14.0. The minimum absolute atomic E-state index is 0.0292. The van der Waals surface area contributed by atoms with Crippen LogP contribution in [-0.2, 0) is 23.5 Å². The first-order chi connectivity index (χ1) is 31.4. The molecular formula is C49H51ClFN7O6S. The number of fused-ring (bicyclic) bond motifs is 1. The van der Waals surface area contributed by atoms with Gasteiger partial charge in [-0.05, 0) is 130 Å². The van der Waals surface area contributed by atoms with E-state index < -0.39 is 16.3 Å². The van der Waals surface area contributed by atoms with Gasteiger partial charge in [0.2, 0.25) is 10.0 Å². The van der Waals surface area contributed by atoms with Crippen molar-refractivity contribution in [2.45, 2.75) is 76.7 Å². The molecule has 6 aromatic rings. The molecule has 4 aromatic carbocycles. The number of halogens is 2. The topological polar surface area (TPSA) is 172 Å². The Bertz CT molecular complexity index is 2880. The molecule has 1 saturated heterocycles. The molecular weight excluding hydrogens is 869 g/mol. The lowest BCUT2D eigenvalue weighted by atomic mass is 9.90. The van der Waals surface area contributed by atoms with E-state index in [2.05, 4.69) is 31.2 Å². The van der Waals surface area contributed by atoms with Gasteiger partial charge in [0.1, 0.15) is 41.1 Å². The van der Waals surface area contributed by atoms with E-state index in [1.54, 1.807) is 80.8 Å². The van der Waals surface area contributed by atoms with Crippen LogP contribution in [0.25, 0.3) is 21.9 Å². The fourth-order valence-corrected chi connectivity index (χ4v) is 9.51. The Labute approximate surface area is 382 Å². The summed E-state index contributed by atoms with van der Waals surface area (Å²) in [7, 11) is -1.92. The molecule has 3 N–H and O–H groups in total. The molecule has 1 aliphatic carbocycles. The number of anilines is 2. The molecule has 65 heavy (non-hydrogen) atoms. The zero-order valence-electron chi connectivity index (χ0n) is 36.2. The second-order valence-corrected chi connectivity index (χ2v) is 19.2. The van der Waals surface area contributed by atoms with Crippen LogP contribution in [0.4, 0.5) is 15.9 Å². The van der Waals surface area contributed by atoms with E-state index >= 15 is 4.39 Å². The van der Waals surface area contributed by atoms with Crippen LogP contribution in [0, 0.1) is 23.1 Å². The number of nitrogens with zero attached hydrogens (tertiary/aromatic N) is 5.